The van der Waals surface area contributed by atoms with Crippen molar-refractivity contribution < 1.29 is 33.0 Å². The predicted molar refractivity (Wildman–Crippen MR) is 140 cm³/mol. The van der Waals surface area contributed by atoms with Gasteiger partial charge in [-0.2, -0.15) is 0 Å². The van der Waals surface area contributed by atoms with E-state index in [4.69, 9.17) is 23.8 Å². The average Bonchev–Trinajstić information content (AvgIpc) is 3.35. The van der Waals surface area contributed by atoms with Crippen LogP contribution in [0.4, 0.5) is 14.9 Å². The topological polar surface area (TPSA) is 87.6 Å². The number of ether oxygens (including phenoxy) is 4. The second kappa shape index (κ2) is 14.8. The molecular formula is C28H43FN2O6. The Hall–Kier alpha value is -2.07. The summed E-state index contributed by atoms with van der Waals surface area (Å²) >= 11 is 0. The number of benzene rings is 1. The van der Waals surface area contributed by atoms with Crippen molar-refractivity contribution in [3.05, 3.63) is 30.1 Å². The molecule has 4 atom stereocenters. The van der Waals surface area contributed by atoms with Crippen LogP contribution in [0.25, 0.3) is 0 Å². The number of unbranched alkanes of at least 4 members (excludes halogenated alkanes) is 9. The summed E-state index contributed by atoms with van der Waals surface area (Å²) in [6.45, 7) is 8.17. The molecule has 0 bridgehead atoms. The number of nitrogens with zero attached hydrogens (tertiary/aromatic N) is 1. The lowest BCUT2D eigenvalue weighted by Crippen LogP contribution is -2.34. The van der Waals surface area contributed by atoms with Gasteiger partial charge in [-0.1, -0.05) is 82.0 Å². The van der Waals surface area contributed by atoms with Crippen LogP contribution in [0.15, 0.2) is 29.4 Å². The fourth-order valence-electron chi connectivity index (χ4n) is 4.68. The number of rotatable bonds is 15. The van der Waals surface area contributed by atoms with E-state index in [1.807, 2.05) is 13.8 Å². The highest BCUT2D eigenvalue weighted by Gasteiger charge is 2.56. The molecule has 0 aromatic heterocycles. The quantitative estimate of drug-likeness (QED) is 0.116. The molecule has 0 saturated carbocycles. The largest absolute Gasteiger partial charge is 0.437 e. The van der Waals surface area contributed by atoms with Crippen LogP contribution in [0.5, 0.6) is 0 Å². The molecule has 2 saturated heterocycles. The molecule has 1 N–H and O–H groups in total. The first-order valence-electron chi connectivity index (χ1n) is 13.7. The molecule has 1 amide bonds. The summed E-state index contributed by atoms with van der Waals surface area (Å²) in [4.78, 5) is 17.0. The number of oxime groups is 1. The van der Waals surface area contributed by atoms with Gasteiger partial charge in [0.15, 0.2) is 12.1 Å². The summed E-state index contributed by atoms with van der Waals surface area (Å²) in [5.41, 5.74) is 0.400. The summed E-state index contributed by atoms with van der Waals surface area (Å²) in [7, 11) is 0. The normalized spacial score (nSPS) is 24.7. The first kappa shape index (κ1) is 29.5. The summed E-state index contributed by atoms with van der Waals surface area (Å²) in [5, 5.41) is 6.23. The second-order valence-corrected chi connectivity index (χ2v) is 10.3. The van der Waals surface area contributed by atoms with Gasteiger partial charge in [0.05, 0.1) is 11.4 Å². The van der Waals surface area contributed by atoms with Crippen molar-refractivity contribution >= 4 is 17.5 Å². The number of carbonyl (C=O) groups is 1. The van der Waals surface area contributed by atoms with Crippen LogP contribution < -0.4 is 5.32 Å². The number of para-hydroxylation sites is 1. The molecule has 9 heteroatoms. The lowest BCUT2D eigenvalue weighted by Gasteiger charge is -2.24. The molecule has 0 spiro atoms. The van der Waals surface area contributed by atoms with Gasteiger partial charge in [-0.15, -0.1) is 0 Å². The summed E-state index contributed by atoms with van der Waals surface area (Å²) in [6, 6.07) is 5.81. The van der Waals surface area contributed by atoms with Crippen LogP contribution in [-0.4, -0.2) is 48.8 Å². The van der Waals surface area contributed by atoms with Gasteiger partial charge in [-0.25, -0.2) is 9.18 Å². The van der Waals surface area contributed by atoms with E-state index < -0.39 is 42.3 Å². The van der Waals surface area contributed by atoms with Gasteiger partial charge < -0.3 is 18.9 Å². The van der Waals surface area contributed by atoms with Crippen molar-refractivity contribution in [3.63, 3.8) is 0 Å². The third kappa shape index (κ3) is 9.32. The highest BCUT2D eigenvalue weighted by atomic mass is 19.1. The number of carbonyl (C=O) groups excluding carboxylic acids is 1. The van der Waals surface area contributed by atoms with Gasteiger partial charge in [0.25, 0.3) is 0 Å². The van der Waals surface area contributed by atoms with E-state index in [0.717, 1.165) is 12.8 Å². The van der Waals surface area contributed by atoms with Gasteiger partial charge in [0.1, 0.15) is 24.1 Å². The minimum Gasteiger partial charge on any atom is -0.350 e. The fraction of sp³-hybridized carbons (Fsp3) is 0.714. The Morgan fingerprint density at radius 1 is 1.00 bits per heavy atom. The number of hydrogen-bond donors (Lipinski definition) is 1. The van der Waals surface area contributed by atoms with E-state index in [9.17, 15) is 9.18 Å². The third-order valence-corrected chi connectivity index (χ3v) is 6.59. The van der Waals surface area contributed by atoms with Gasteiger partial charge in [0, 0.05) is 6.61 Å². The number of hydrogen-bond acceptors (Lipinski definition) is 7. The zero-order valence-electron chi connectivity index (χ0n) is 22.7. The Morgan fingerprint density at radius 2 is 1.62 bits per heavy atom. The highest BCUT2D eigenvalue weighted by molar-refractivity contribution is 5.89. The molecule has 8 nitrogen and oxygen atoms in total. The molecule has 2 heterocycles. The third-order valence-electron chi connectivity index (χ3n) is 6.59. The molecule has 1 aromatic carbocycles. The summed E-state index contributed by atoms with van der Waals surface area (Å²) in [5.74, 6) is -1.36. The maximum absolute atomic E-state index is 13.7. The average molecular weight is 523 g/mol. The van der Waals surface area contributed by atoms with E-state index in [2.05, 4.69) is 17.4 Å². The van der Waals surface area contributed by atoms with Crippen LogP contribution in [0.3, 0.4) is 0 Å². The smallest absolute Gasteiger partial charge is 0.350 e. The monoisotopic (exact) mass is 522 g/mol. The predicted octanol–water partition coefficient (Wildman–Crippen LogP) is 6.93. The Labute approximate surface area is 220 Å². The van der Waals surface area contributed by atoms with E-state index >= 15 is 0 Å². The minimum absolute atomic E-state index is 0.00671. The molecular weight excluding hydrogens is 479 g/mol. The molecule has 1 aromatic rings. The zero-order valence-corrected chi connectivity index (χ0v) is 22.7. The lowest BCUT2D eigenvalue weighted by atomic mass is 10.1. The van der Waals surface area contributed by atoms with Crippen molar-refractivity contribution in [2.45, 2.75) is 122 Å². The van der Waals surface area contributed by atoms with E-state index in [1.165, 1.54) is 69.6 Å². The number of nitrogens with one attached hydrogen (secondary N) is 1. The highest BCUT2D eigenvalue weighted by Crippen LogP contribution is 2.39. The van der Waals surface area contributed by atoms with Gasteiger partial charge in [0.2, 0.25) is 0 Å². The Bertz CT molecular complexity index is 880. The van der Waals surface area contributed by atoms with E-state index in [1.54, 1.807) is 13.0 Å². The first-order chi connectivity index (χ1) is 17.8. The van der Waals surface area contributed by atoms with E-state index in [0.29, 0.717) is 12.3 Å². The fourth-order valence-corrected chi connectivity index (χ4v) is 4.68. The Kier molecular flexibility index (Phi) is 11.8. The van der Waals surface area contributed by atoms with Crippen molar-refractivity contribution in [1.29, 1.82) is 0 Å². The molecule has 37 heavy (non-hydrogen) atoms. The Morgan fingerprint density at radius 3 is 2.30 bits per heavy atom. The molecule has 3 rings (SSSR count). The van der Waals surface area contributed by atoms with Crippen LogP contribution in [0, 0.1) is 5.82 Å². The lowest BCUT2D eigenvalue weighted by molar-refractivity contribution is -0.226. The van der Waals surface area contributed by atoms with Crippen molar-refractivity contribution in [2.24, 2.45) is 5.16 Å². The van der Waals surface area contributed by atoms with Gasteiger partial charge in [-0.05, 0) is 39.3 Å². The second-order valence-electron chi connectivity index (χ2n) is 10.3. The van der Waals surface area contributed by atoms with Crippen molar-refractivity contribution in [3.8, 4) is 0 Å². The molecule has 2 aliphatic heterocycles. The van der Waals surface area contributed by atoms with Crippen LogP contribution >= 0.6 is 0 Å². The molecule has 0 radical (unpaired) electrons. The zero-order chi connectivity index (χ0) is 26.7. The summed E-state index contributed by atoms with van der Waals surface area (Å²) in [6.07, 6.45) is 9.55. The number of amides is 1. The molecule has 0 unspecified atom stereocenters. The molecule has 2 aliphatic rings. The van der Waals surface area contributed by atoms with Crippen molar-refractivity contribution in [2.75, 3.05) is 11.9 Å². The first-order valence-corrected chi connectivity index (χ1v) is 13.7. The summed E-state index contributed by atoms with van der Waals surface area (Å²) < 4.78 is 37.9. The van der Waals surface area contributed by atoms with Crippen LogP contribution in [-0.2, 0) is 23.8 Å². The minimum atomic E-state index is -0.906. The van der Waals surface area contributed by atoms with Crippen molar-refractivity contribution in [1.82, 2.24) is 0 Å². The number of anilines is 1. The standard InChI is InChI=1S/C28H43FN2O6/c1-5-6-7-8-9-10-11-12-13-16-19-33-26-25-24(35-28(3,4)36-25)23(34-26)20(2)31-37-27(32)30-22-18-15-14-17-21(22)29/h14-15,17-18,23-26H,5-13,16,19H2,1-4H3,(H,30,32)/b31-20+/t23-,24+,25+,26+/m1/s1. The van der Waals surface area contributed by atoms with Crippen LogP contribution in [0.1, 0.15) is 91.9 Å². The van der Waals surface area contributed by atoms with Crippen LogP contribution in [0.2, 0.25) is 0 Å². The maximum atomic E-state index is 13.7. The molecule has 0 aliphatic carbocycles. The van der Waals surface area contributed by atoms with Gasteiger partial charge in [-0.3, -0.25) is 10.2 Å². The molecule has 2 fully saturated rings. The SMILES string of the molecule is CCCCCCCCCCCCO[C@H]1O[C@H](/C(C)=N/OC(=O)Nc2ccccc2F)[C@@H]2OC(C)(C)O[C@H]12. The number of halogens is 1. The van der Waals surface area contributed by atoms with Gasteiger partial charge >= 0.3 is 6.09 Å². The molecule has 208 valence electrons. The Balaban J connectivity index is 1.42. The number of fused-ring (bicyclic) bond motifs is 1. The maximum Gasteiger partial charge on any atom is 0.437 e. The van der Waals surface area contributed by atoms with E-state index in [-0.39, 0.29) is 5.69 Å².